The van der Waals surface area contributed by atoms with Crippen LogP contribution in [0.3, 0.4) is 0 Å². The molecule has 0 aromatic heterocycles. The molecule has 0 amide bonds. The summed E-state index contributed by atoms with van der Waals surface area (Å²) in [7, 11) is 0. The number of hydrogen-bond acceptors (Lipinski definition) is 1. The summed E-state index contributed by atoms with van der Waals surface area (Å²) in [5, 5.41) is 12.2. The van der Waals surface area contributed by atoms with Crippen LogP contribution in [-0.2, 0) is 0 Å². The normalized spacial score (nSPS) is 10.6. The van der Waals surface area contributed by atoms with Crippen molar-refractivity contribution in [3.63, 3.8) is 0 Å². The summed E-state index contributed by atoms with van der Waals surface area (Å²) in [5.74, 6) is 0.267. The van der Waals surface area contributed by atoms with Crippen LogP contribution < -0.4 is 0 Å². The molecule has 0 heterocycles. The molecule has 0 bridgehead atoms. The Morgan fingerprint density at radius 3 is 2.53 bits per heavy atom. The van der Waals surface area contributed by atoms with E-state index >= 15 is 0 Å². The second kappa shape index (κ2) is 3.95. The van der Waals surface area contributed by atoms with Crippen LogP contribution in [0.1, 0.15) is 0 Å². The number of phenolic OH excluding ortho intramolecular Hbond substituents is 1. The second-order valence-electron chi connectivity index (χ2n) is 3.97. The summed E-state index contributed by atoms with van der Waals surface area (Å²) in [6, 6.07) is 22.4. The van der Waals surface area contributed by atoms with E-state index < -0.39 is 0 Å². The first-order valence-corrected chi connectivity index (χ1v) is 5.53. The second-order valence-corrected chi connectivity index (χ2v) is 3.97. The minimum absolute atomic E-state index is 0.267. The number of rotatable bonds is 1. The van der Waals surface area contributed by atoms with Crippen molar-refractivity contribution in [3.8, 4) is 16.9 Å². The van der Waals surface area contributed by atoms with Gasteiger partial charge in [-0.3, -0.25) is 0 Å². The average molecular weight is 219 g/mol. The minimum Gasteiger partial charge on any atom is -0.507 e. The van der Waals surface area contributed by atoms with E-state index in [2.05, 4.69) is 24.3 Å². The molecular weight excluding hydrogens is 208 g/mol. The molecule has 81 valence electrons. The van der Waals surface area contributed by atoms with Crippen LogP contribution in [-0.4, -0.2) is 5.11 Å². The highest BCUT2D eigenvalue weighted by Gasteiger charge is 2.06. The van der Waals surface area contributed by atoms with Gasteiger partial charge in [-0.15, -0.1) is 0 Å². The predicted molar refractivity (Wildman–Crippen MR) is 69.9 cm³/mol. The molecule has 0 atom stereocenters. The Morgan fingerprint density at radius 2 is 1.65 bits per heavy atom. The third kappa shape index (κ3) is 1.66. The Hall–Kier alpha value is -2.28. The molecule has 0 unspecified atom stereocenters. The van der Waals surface area contributed by atoms with E-state index in [4.69, 9.17) is 0 Å². The maximum Gasteiger partial charge on any atom is 0.124 e. The van der Waals surface area contributed by atoms with Gasteiger partial charge in [-0.1, -0.05) is 54.6 Å². The molecular formula is C16H11O. The maximum atomic E-state index is 9.89. The number of phenols is 1. The van der Waals surface area contributed by atoms with Gasteiger partial charge in [0, 0.05) is 5.56 Å². The molecule has 0 saturated heterocycles. The quantitative estimate of drug-likeness (QED) is 0.655. The van der Waals surface area contributed by atoms with Gasteiger partial charge in [0.1, 0.15) is 5.75 Å². The van der Waals surface area contributed by atoms with Gasteiger partial charge in [-0.05, 0) is 28.5 Å². The third-order valence-corrected chi connectivity index (χ3v) is 2.92. The van der Waals surface area contributed by atoms with Gasteiger partial charge in [0.2, 0.25) is 0 Å². The molecule has 3 aromatic rings. The Bertz CT molecular complexity index is 666. The Kier molecular flexibility index (Phi) is 2.30. The highest BCUT2D eigenvalue weighted by molar-refractivity contribution is 5.97. The Labute approximate surface area is 100.0 Å². The summed E-state index contributed by atoms with van der Waals surface area (Å²) in [4.78, 5) is 0. The van der Waals surface area contributed by atoms with Gasteiger partial charge in [0.25, 0.3) is 0 Å². The van der Waals surface area contributed by atoms with E-state index in [-0.39, 0.29) is 5.75 Å². The Balaban J connectivity index is 2.35. The van der Waals surface area contributed by atoms with Gasteiger partial charge in [-0.2, -0.15) is 0 Å². The van der Waals surface area contributed by atoms with Crippen molar-refractivity contribution >= 4 is 10.8 Å². The molecule has 1 heteroatoms. The van der Waals surface area contributed by atoms with E-state index in [9.17, 15) is 5.11 Å². The zero-order chi connectivity index (χ0) is 11.7. The number of fused-ring (bicyclic) bond motifs is 1. The van der Waals surface area contributed by atoms with Crippen LogP contribution in [0.25, 0.3) is 21.9 Å². The van der Waals surface area contributed by atoms with Gasteiger partial charge in [0.05, 0.1) is 0 Å². The van der Waals surface area contributed by atoms with Crippen LogP contribution in [0.2, 0.25) is 0 Å². The summed E-state index contributed by atoms with van der Waals surface area (Å²) in [6.07, 6.45) is 0. The average Bonchev–Trinajstić information content (AvgIpc) is 2.39. The monoisotopic (exact) mass is 219 g/mol. The lowest BCUT2D eigenvalue weighted by Gasteiger charge is -2.08. The van der Waals surface area contributed by atoms with Crippen LogP contribution in [0.4, 0.5) is 0 Å². The van der Waals surface area contributed by atoms with Gasteiger partial charge >= 0.3 is 0 Å². The summed E-state index contributed by atoms with van der Waals surface area (Å²) >= 11 is 0. The van der Waals surface area contributed by atoms with E-state index in [0.717, 1.165) is 16.5 Å². The van der Waals surface area contributed by atoms with E-state index in [1.807, 2.05) is 36.4 Å². The third-order valence-electron chi connectivity index (χ3n) is 2.92. The van der Waals surface area contributed by atoms with Crippen molar-refractivity contribution in [2.45, 2.75) is 0 Å². The predicted octanol–water partition coefficient (Wildman–Crippen LogP) is 4.01. The topological polar surface area (TPSA) is 20.2 Å². The van der Waals surface area contributed by atoms with Crippen LogP contribution in [0.15, 0.2) is 60.7 Å². The maximum absolute atomic E-state index is 9.89. The van der Waals surface area contributed by atoms with Gasteiger partial charge < -0.3 is 5.11 Å². The van der Waals surface area contributed by atoms with Crippen LogP contribution in [0, 0.1) is 6.07 Å². The molecule has 0 aliphatic carbocycles. The highest BCUT2D eigenvalue weighted by Crippen LogP contribution is 2.33. The molecule has 3 aromatic carbocycles. The van der Waals surface area contributed by atoms with E-state index in [1.165, 1.54) is 5.39 Å². The lowest BCUT2D eigenvalue weighted by atomic mass is 9.98. The summed E-state index contributed by atoms with van der Waals surface area (Å²) < 4.78 is 0. The largest absolute Gasteiger partial charge is 0.507 e. The molecule has 0 aliphatic rings. The van der Waals surface area contributed by atoms with Crippen LogP contribution >= 0.6 is 0 Å². The lowest BCUT2D eigenvalue weighted by molar-refractivity contribution is 0.477. The van der Waals surface area contributed by atoms with Crippen molar-refractivity contribution < 1.29 is 5.11 Å². The molecule has 1 radical (unpaired) electrons. The molecule has 0 fully saturated rings. The van der Waals surface area contributed by atoms with E-state index in [0.29, 0.717) is 0 Å². The molecule has 0 spiro atoms. The first-order chi connectivity index (χ1) is 8.36. The van der Waals surface area contributed by atoms with Crippen LogP contribution in [0.5, 0.6) is 5.75 Å². The lowest BCUT2D eigenvalue weighted by Crippen LogP contribution is -1.81. The summed E-state index contributed by atoms with van der Waals surface area (Å²) in [5.41, 5.74) is 1.90. The molecule has 0 aliphatic heterocycles. The smallest absolute Gasteiger partial charge is 0.124 e. The fourth-order valence-corrected chi connectivity index (χ4v) is 2.11. The minimum atomic E-state index is 0.267. The van der Waals surface area contributed by atoms with Crippen molar-refractivity contribution in [2.24, 2.45) is 0 Å². The van der Waals surface area contributed by atoms with Gasteiger partial charge in [0.15, 0.2) is 0 Å². The molecule has 3 rings (SSSR count). The molecule has 1 N–H and O–H groups in total. The molecule has 1 nitrogen and oxygen atoms in total. The fourth-order valence-electron chi connectivity index (χ4n) is 2.11. The SMILES string of the molecule is Oc1c[c]ccc1-c1cccc2ccccc12. The van der Waals surface area contributed by atoms with Crippen molar-refractivity contribution in [1.82, 2.24) is 0 Å². The first kappa shape index (κ1) is 9.91. The number of hydrogen-bond donors (Lipinski definition) is 1. The summed E-state index contributed by atoms with van der Waals surface area (Å²) in [6.45, 7) is 0. The standard InChI is InChI=1S/C16H11O/c17-16-11-4-3-9-15(16)14-10-5-7-12-6-1-2-8-13(12)14/h1-3,5-11,17H. The van der Waals surface area contributed by atoms with Gasteiger partial charge in [-0.25, -0.2) is 0 Å². The molecule has 0 saturated carbocycles. The van der Waals surface area contributed by atoms with Crippen molar-refractivity contribution in [1.29, 1.82) is 0 Å². The number of aromatic hydroxyl groups is 1. The Morgan fingerprint density at radius 1 is 0.824 bits per heavy atom. The zero-order valence-corrected chi connectivity index (χ0v) is 9.22. The zero-order valence-electron chi connectivity index (χ0n) is 9.22. The number of benzene rings is 3. The van der Waals surface area contributed by atoms with E-state index in [1.54, 1.807) is 6.07 Å². The molecule has 17 heavy (non-hydrogen) atoms. The first-order valence-electron chi connectivity index (χ1n) is 5.53. The fraction of sp³-hybridized carbons (Fsp3) is 0. The van der Waals surface area contributed by atoms with Crippen molar-refractivity contribution in [2.75, 3.05) is 0 Å². The van der Waals surface area contributed by atoms with Crippen molar-refractivity contribution in [3.05, 3.63) is 66.7 Å². The highest BCUT2D eigenvalue weighted by atomic mass is 16.3.